The van der Waals surface area contributed by atoms with Gasteiger partial charge in [0.2, 0.25) is 11.8 Å². The Morgan fingerprint density at radius 3 is 2.57 bits per heavy atom. The first-order valence-corrected chi connectivity index (χ1v) is 16.4. The third-order valence-corrected chi connectivity index (χ3v) is 9.56. The van der Waals surface area contributed by atoms with Gasteiger partial charge in [0.15, 0.2) is 0 Å². The molecule has 3 heterocycles. The van der Waals surface area contributed by atoms with E-state index < -0.39 is 6.04 Å². The number of rotatable bonds is 9. The molecule has 0 aliphatic carbocycles. The average molecular weight is 643 g/mol. The fraction of sp³-hybridized carbons (Fsp3) is 0.361. The number of hydrogen-bond acceptors (Lipinski definition) is 4. The number of aromatic amines is 1. The lowest BCUT2D eigenvalue weighted by Gasteiger charge is -2.37. The van der Waals surface area contributed by atoms with E-state index in [4.69, 9.17) is 16.3 Å². The topological polar surface area (TPSA) is 111 Å². The van der Waals surface area contributed by atoms with Crippen molar-refractivity contribution in [1.82, 2.24) is 15.2 Å². The van der Waals surface area contributed by atoms with Crippen molar-refractivity contribution in [3.05, 3.63) is 94.6 Å². The van der Waals surface area contributed by atoms with Crippen LogP contribution in [0.15, 0.2) is 72.9 Å². The van der Waals surface area contributed by atoms with Crippen LogP contribution in [0.25, 0.3) is 10.9 Å². The Bertz CT molecular complexity index is 1710. The van der Waals surface area contributed by atoms with E-state index in [1.165, 1.54) is 0 Å². The number of amides is 3. The molecule has 0 saturated carbocycles. The molecule has 0 bridgehead atoms. The van der Waals surface area contributed by atoms with E-state index >= 15 is 0 Å². The maximum absolute atomic E-state index is 14.5. The van der Waals surface area contributed by atoms with Gasteiger partial charge in [-0.25, -0.2) is 0 Å². The lowest BCUT2D eigenvalue weighted by molar-refractivity contribution is -0.632. The highest BCUT2D eigenvalue weighted by atomic mass is 35.5. The standard InChI is InChI=1S/C36H40ClN5O4/c1-38-20-23-17-26-18-28(37)9-12-33(26)42(22-23)36(45)32(19-27-21-39-31-6-4-3-5-30(27)31)40-34(43)24-13-15-41(16-14-24)35(44)25-7-10-29(46-2)11-8-25/h3-12,18,21,23-24,32,38-39H,13-17,19-20,22H2,1-2H3,(H,40,43)/p+1/t23?,32-/m1/s1. The highest BCUT2D eigenvalue weighted by Gasteiger charge is 2.36. The first kappa shape index (κ1) is 31.6. The molecule has 1 aromatic heterocycles. The molecule has 46 heavy (non-hydrogen) atoms. The molecule has 1 unspecified atom stereocenters. The van der Waals surface area contributed by atoms with Gasteiger partial charge in [-0.15, -0.1) is 0 Å². The first-order valence-electron chi connectivity index (χ1n) is 16.0. The van der Waals surface area contributed by atoms with Crippen LogP contribution in [0, 0.1) is 11.8 Å². The van der Waals surface area contributed by atoms with E-state index in [1.54, 1.807) is 36.3 Å². The molecule has 9 nitrogen and oxygen atoms in total. The number of aromatic nitrogens is 1. The summed E-state index contributed by atoms with van der Waals surface area (Å²) in [5.74, 6) is 0.318. The van der Waals surface area contributed by atoms with E-state index in [0.717, 1.165) is 40.7 Å². The number of halogens is 1. The van der Waals surface area contributed by atoms with Crippen molar-refractivity contribution in [3.63, 3.8) is 0 Å². The molecule has 10 heteroatoms. The summed E-state index contributed by atoms with van der Waals surface area (Å²) in [6.45, 7) is 2.39. The largest absolute Gasteiger partial charge is 0.497 e. The predicted octanol–water partition coefficient (Wildman–Crippen LogP) is 3.81. The van der Waals surface area contributed by atoms with Crippen molar-refractivity contribution < 1.29 is 24.4 Å². The molecule has 3 aromatic carbocycles. The van der Waals surface area contributed by atoms with E-state index in [-0.39, 0.29) is 29.6 Å². The summed E-state index contributed by atoms with van der Waals surface area (Å²) in [5.41, 5.74) is 4.45. The minimum absolute atomic E-state index is 0.0587. The van der Waals surface area contributed by atoms with Crippen LogP contribution in [0.1, 0.15) is 34.3 Å². The number of H-pyrrole nitrogens is 1. The summed E-state index contributed by atoms with van der Waals surface area (Å²) in [6, 6.07) is 20.0. The van der Waals surface area contributed by atoms with Crippen molar-refractivity contribution in [2.45, 2.75) is 31.7 Å². The summed E-state index contributed by atoms with van der Waals surface area (Å²) < 4.78 is 5.21. The number of nitrogens with one attached hydrogen (secondary N) is 2. The predicted molar refractivity (Wildman–Crippen MR) is 179 cm³/mol. The van der Waals surface area contributed by atoms with E-state index in [1.807, 2.05) is 60.6 Å². The summed E-state index contributed by atoms with van der Waals surface area (Å²) in [4.78, 5) is 48.4. The second-order valence-electron chi connectivity index (χ2n) is 12.4. The Hall–Kier alpha value is -4.34. The lowest BCUT2D eigenvalue weighted by Crippen LogP contribution is -2.82. The monoisotopic (exact) mass is 642 g/mol. The molecule has 1 saturated heterocycles. The number of carbonyl (C=O) groups excluding carboxylic acids is 3. The second kappa shape index (κ2) is 14.0. The molecule has 2 aliphatic heterocycles. The maximum Gasteiger partial charge on any atom is 0.253 e. The number of nitrogens with two attached hydrogens (primary N) is 1. The van der Waals surface area contributed by atoms with Gasteiger partial charge in [-0.3, -0.25) is 14.4 Å². The van der Waals surface area contributed by atoms with E-state index in [9.17, 15) is 14.4 Å². The van der Waals surface area contributed by atoms with Crippen molar-refractivity contribution in [1.29, 1.82) is 0 Å². The molecule has 240 valence electrons. The molecule has 2 aliphatic rings. The summed E-state index contributed by atoms with van der Waals surface area (Å²) in [5, 5.41) is 6.99. The van der Waals surface area contributed by atoms with Gasteiger partial charge in [-0.2, -0.15) is 0 Å². The highest BCUT2D eigenvalue weighted by molar-refractivity contribution is 6.30. The average Bonchev–Trinajstić information content (AvgIpc) is 3.49. The number of piperidine rings is 1. The smallest absolute Gasteiger partial charge is 0.253 e. The molecule has 3 amide bonds. The number of ether oxygens (including phenoxy) is 1. The summed E-state index contributed by atoms with van der Waals surface area (Å²) in [6.07, 6.45) is 4.19. The Morgan fingerprint density at radius 1 is 1.07 bits per heavy atom. The van der Waals surface area contributed by atoms with Crippen LogP contribution in [-0.4, -0.2) is 74.0 Å². The Kier molecular flexibility index (Phi) is 9.61. The van der Waals surface area contributed by atoms with Gasteiger partial charge >= 0.3 is 0 Å². The molecule has 4 N–H and O–H groups in total. The minimum atomic E-state index is -0.765. The number of para-hydroxylation sites is 1. The van der Waals surface area contributed by atoms with Gasteiger partial charge in [0.25, 0.3) is 5.91 Å². The van der Waals surface area contributed by atoms with Crippen LogP contribution in [0.3, 0.4) is 0 Å². The number of hydrogen-bond donors (Lipinski definition) is 3. The first-order chi connectivity index (χ1) is 22.3. The van der Waals surface area contributed by atoms with Gasteiger partial charge in [0.1, 0.15) is 11.8 Å². The molecule has 0 radical (unpaired) electrons. The van der Waals surface area contributed by atoms with E-state index in [0.29, 0.717) is 55.2 Å². The Morgan fingerprint density at radius 2 is 1.83 bits per heavy atom. The van der Waals surface area contributed by atoms with Crippen molar-refractivity contribution in [2.24, 2.45) is 11.8 Å². The lowest BCUT2D eigenvalue weighted by atomic mass is 9.91. The number of methoxy groups -OCH3 is 1. The van der Waals surface area contributed by atoms with Crippen LogP contribution in [0.4, 0.5) is 5.69 Å². The molecular formula is C36H41ClN5O4+. The number of likely N-dealkylation sites (tertiary alicyclic amines) is 1. The molecule has 2 atom stereocenters. The van der Waals surface area contributed by atoms with Crippen LogP contribution in [-0.2, 0) is 22.4 Å². The van der Waals surface area contributed by atoms with Gasteiger partial charge < -0.3 is 30.2 Å². The SMILES string of the molecule is C[NH2+]CC1Cc2cc(Cl)ccc2N(C(=O)[C@@H](Cc2c[nH]c3ccccc23)NC(=O)C2CCN(C(=O)c3ccc(OC)cc3)CC2)C1. The quantitative estimate of drug-likeness (QED) is 0.258. The zero-order valence-electron chi connectivity index (χ0n) is 26.3. The minimum Gasteiger partial charge on any atom is -0.497 e. The molecule has 0 spiro atoms. The maximum atomic E-state index is 14.5. The van der Waals surface area contributed by atoms with Crippen LogP contribution in [0.2, 0.25) is 5.02 Å². The number of quaternary nitrogens is 1. The van der Waals surface area contributed by atoms with Crippen LogP contribution in [0.5, 0.6) is 5.75 Å². The number of benzene rings is 3. The Labute approximate surface area is 274 Å². The molecule has 1 fully saturated rings. The zero-order chi connectivity index (χ0) is 32.2. The highest BCUT2D eigenvalue weighted by Crippen LogP contribution is 2.33. The molecule has 4 aromatic rings. The van der Waals surface area contributed by atoms with Crippen LogP contribution >= 0.6 is 11.6 Å². The summed E-state index contributed by atoms with van der Waals surface area (Å²) >= 11 is 6.37. The van der Waals surface area contributed by atoms with E-state index in [2.05, 4.69) is 15.6 Å². The van der Waals surface area contributed by atoms with Gasteiger partial charge in [0, 0.05) is 71.3 Å². The number of anilines is 1. The summed E-state index contributed by atoms with van der Waals surface area (Å²) in [7, 11) is 3.63. The normalized spacial score (nSPS) is 17.4. The second-order valence-corrected chi connectivity index (χ2v) is 12.8. The molecule has 6 rings (SSSR count). The third-order valence-electron chi connectivity index (χ3n) is 9.32. The van der Waals surface area contributed by atoms with Crippen molar-refractivity contribution in [3.8, 4) is 5.75 Å². The zero-order valence-corrected chi connectivity index (χ0v) is 27.1. The Balaban J connectivity index is 1.21. The number of nitrogens with zero attached hydrogens (tertiary/aromatic N) is 2. The van der Waals surface area contributed by atoms with Crippen molar-refractivity contribution >= 4 is 45.9 Å². The van der Waals surface area contributed by atoms with Gasteiger partial charge in [0.05, 0.1) is 20.7 Å². The fourth-order valence-corrected chi connectivity index (χ4v) is 7.07. The fourth-order valence-electron chi connectivity index (χ4n) is 6.87. The number of fused-ring (bicyclic) bond motifs is 2. The third kappa shape index (κ3) is 6.76. The van der Waals surface area contributed by atoms with Gasteiger partial charge in [-0.05, 0) is 78.9 Å². The van der Waals surface area contributed by atoms with Crippen molar-refractivity contribution in [2.75, 3.05) is 45.2 Å². The van der Waals surface area contributed by atoms with Crippen LogP contribution < -0.4 is 20.3 Å². The number of carbonyl (C=O) groups is 3. The molecular weight excluding hydrogens is 602 g/mol. The van der Waals surface area contributed by atoms with Gasteiger partial charge in [-0.1, -0.05) is 29.8 Å².